The molecular weight excluding hydrogens is 380 g/mol. The van der Waals surface area contributed by atoms with Gasteiger partial charge in [0.05, 0.1) is 13.7 Å². The van der Waals surface area contributed by atoms with Crippen molar-refractivity contribution in [2.24, 2.45) is 4.99 Å². The highest BCUT2D eigenvalue weighted by atomic mass is 16.5. The van der Waals surface area contributed by atoms with Gasteiger partial charge in [-0.05, 0) is 43.5 Å². The summed E-state index contributed by atoms with van der Waals surface area (Å²) in [5.41, 5.74) is 2.83. The highest BCUT2D eigenvalue weighted by Crippen LogP contribution is 2.18. The van der Waals surface area contributed by atoms with Crippen molar-refractivity contribution >= 4 is 17.6 Å². The van der Waals surface area contributed by atoms with Crippen LogP contribution in [0.2, 0.25) is 0 Å². The molecule has 0 spiro atoms. The first-order valence-corrected chi connectivity index (χ1v) is 10.3. The summed E-state index contributed by atoms with van der Waals surface area (Å²) in [6, 6.07) is 15.6. The van der Waals surface area contributed by atoms with Gasteiger partial charge in [0, 0.05) is 30.9 Å². The minimum absolute atomic E-state index is 0.0834. The zero-order valence-corrected chi connectivity index (χ0v) is 17.6. The topological polar surface area (TPSA) is 84.0 Å². The molecule has 0 saturated carbocycles. The van der Waals surface area contributed by atoms with Gasteiger partial charge < -0.3 is 25.4 Å². The molecule has 1 unspecified atom stereocenters. The van der Waals surface area contributed by atoms with Gasteiger partial charge in [0.1, 0.15) is 11.9 Å². The van der Waals surface area contributed by atoms with Crippen LogP contribution in [0.4, 0.5) is 5.69 Å². The lowest BCUT2D eigenvalue weighted by Gasteiger charge is -2.14. The van der Waals surface area contributed by atoms with Gasteiger partial charge in [-0.15, -0.1) is 0 Å². The number of carbonyl (C=O) groups is 1. The fraction of sp³-hybridized carbons (Fsp3) is 0.391. The van der Waals surface area contributed by atoms with E-state index in [1.54, 1.807) is 7.11 Å². The number of para-hydroxylation sites is 1. The Labute approximate surface area is 177 Å². The Bertz CT molecular complexity index is 863. The van der Waals surface area contributed by atoms with Gasteiger partial charge in [-0.25, -0.2) is 4.99 Å². The van der Waals surface area contributed by atoms with E-state index in [0.717, 1.165) is 47.9 Å². The first-order chi connectivity index (χ1) is 14.7. The van der Waals surface area contributed by atoms with Crippen molar-refractivity contribution in [3.8, 4) is 5.75 Å². The van der Waals surface area contributed by atoms with Crippen LogP contribution in [-0.4, -0.2) is 38.2 Å². The number of ether oxygens (including phenoxy) is 2. The lowest BCUT2D eigenvalue weighted by molar-refractivity contribution is -0.124. The van der Waals surface area contributed by atoms with Crippen LogP contribution in [0.1, 0.15) is 30.9 Å². The predicted molar refractivity (Wildman–Crippen MR) is 119 cm³/mol. The third-order valence-corrected chi connectivity index (χ3v) is 4.82. The van der Waals surface area contributed by atoms with Crippen molar-refractivity contribution in [3.05, 3.63) is 59.7 Å². The molecule has 160 valence electrons. The number of benzene rings is 2. The number of amides is 1. The molecule has 2 aromatic rings. The van der Waals surface area contributed by atoms with Crippen LogP contribution in [0, 0.1) is 0 Å². The standard InChI is InChI=1S/C23H30N4O3/c1-3-24-23(26-16-18-9-4-5-11-20(18)29-2)25-15-17-8-6-10-19(14-17)27-22(28)21-12-7-13-30-21/h4-6,8-11,14,21H,3,7,12-13,15-16H2,1-2H3,(H,27,28)(H2,24,25,26). The summed E-state index contributed by atoms with van der Waals surface area (Å²) >= 11 is 0. The second-order valence-corrected chi connectivity index (χ2v) is 7.05. The van der Waals surface area contributed by atoms with E-state index < -0.39 is 0 Å². The first kappa shape index (κ1) is 21.6. The predicted octanol–water partition coefficient (Wildman–Crippen LogP) is 3.07. The molecule has 1 saturated heterocycles. The van der Waals surface area contributed by atoms with Crippen molar-refractivity contribution in [2.75, 3.05) is 25.6 Å². The molecule has 2 aromatic carbocycles. The monoisotopic (exact) mass is 410 g/mol. The molecule has 3 N–H and O–H groups in total. The number of rotatable bonds is 8. The highest BCUT2D eigenvalue weighted by Gasteiger charge is 2.23. The van der Waals surface area contributed by atoms with Gasteiger partial charge in [-0.1, -0.05) is 30.3 Å². The van der Waals surface area contributed by atoms with Crippen LogP contribution in [0.5, 0.6) is 5.75 Å². The molecule has 1 atom stereocenters. The second-order valence-electron chi connectivity index (χ2n) is 7.05. The fourth-order valence-corrected chi connectivity index (χ4v) is 3.29. The third-order valence-electron chi connectivity index (χ3n) is 4.82. The van der Waals surface area contributed by atoms with Crippen molar-refractivity contribution in [1.29, 1.82) is 0 Å². The number of nitrogens with zero attached hydrogens (tertiary/aromatic N) is 1. The van der Waals surface area contributed by atoms with E-state index in [-0.39, 0.29) is 12.0 Å². The SMILES string of the molecule is CCNC(=NCc1cccc(NC(=O)C2CCCO2)c1)NCc1ccccc1OC. The van der Waals surface area contributed by atoms with Crippen LogP contribution in [0.15, 0.2) is 53.5 Å². The van der Waals surface area contributed by atoms with Crippen LogP contribution in [0.3, 0.4) is 0 Å². The minimum Gasteiger partial charge on any atom is -0.496 e. The number of hydrogen-bond donors (Lipinski definition) is 3. The van der Waals surface area contributed by atoms with Gasteiger partial charge in [0.2, 0.25) is 0 Å². The maximum atomic E-state index is 12.3. The Hall–Kier alpha value is -3.06. The van der Waals surface area contributed by atoms with E-state index in [1.807, 2.05) is 55.5 Å². The van der Waals surface area contributed by atoms with Crippen molar-refractivity contribution < 1.29 is 14.3 Å². The number of anilines is 1. The molecule has 30 heavy (non-hydrogen) atoms. The average molecular weight is 411 g/mol. The molecule has 1 aliphatic rings. The fourth-order valence-electron chi connectivity index (χ4n) is 3.29. The van der Waals surface area contributed by atoms with E-state index >= 15 is 0 Å². The number of methoxy groups -OCH3 is 1. The maximum absolute atomic E-state index is 12.3. The summed E-state index contributed by atoms with van der Waals surface area (Å²) in [5.74, 6) is 1.48. The maximum Gasteiger partial charge on any atom is 0.253 e. The first-order valence-electron chi connectivity index (χ1n) is 10.3. The zero-order valence-electron chi connectivity index (χ0n) is 17.6. The van der Waals surface area contributed by atoms with E-state index in [4.69, 9.17) is 9.47 Å². The molecule has 0 radical (unpaired) electrons. The summed E-state index contributed by atoms with van der Waals surface area (Å²) in [7, 11) is 1.67. The van der Waals surface area contributed by atoms with Crippen molar-refractivity contribution in [3.63, 3.8) is 0 Å². The highest BCUT2D eigenvalue weighted by molar-refractivity contribution is 5.94. The molecule has 1 fully saturated rings. The van der Waals surface area contributed by atoms with Gasteiger partial charge in [-0.2, -0.15) is 0 Å². The molecule has 7 nitrogen and oxygen atoms in total. The van der Waals surface area contributed by atoms with Crippen LogP contribution >= 0.6 is 0 Å². The van der Waals surface area contributed by atoms with Crippen molar-refractivity contribution in [1.82, 2.24) is 10.6 Å². The lowest BCUT2D eigenvalue weighted by Crippen LogP contribution is -2.36. The molecular formula is C23H30N4O3. The van der Waals surface area contributed by atoms with Gasteiger partial charge in [-0.3, -0.25) is 4.79 Å². The molecule has 3 rings (SSSR count). The molecule has 1 aliphatic heterocycles. The number of hydrogen-bond acceptors (Lipinski definition) is 4. The van der Waals surface area contributed by atoms with E-state index in [1.165, 1.54) is 0 Å². The number of aliphatic imine (C=N–C) groups is 1. The van der Waals surface area contributed by atoms with Gasteiger partial charge >= 0.3 is 0 Å². The lowest BCUT2D eigenvalue weighted by atomic mass is 10.2. The van der Waals surface area contributed by atoms with E-state index in [0.29, 0.717) is 19.7 Å². The molecule has 1 amide bonds. The smallest absolute Gasteiger partial charge is 0.253 e. The zero-order chi connectivity index (χ0) is 21.2. The number of guanidine groups is 1. The van der Waals surface area contributed by atoms with E-state index in [9.17, 15) is 4.79 Å². The van der Waals surface area contributed by atoms with Crippen LogP contribution in [0.25, 0.3) is 0 Å². The minimum atomic E-state index is -0.341. The normalized spacial score (nSPS) is 16.2. The second kappa shape index (κ2) is 11.2. The summed E-state index contributed by atoms with van der Waals surface area (Å²) in [6.07, 6.45) is 1.37. The molecule has 0 bridgehead atoms. The van der Waals surface area contributed by atoms with Crippen molar-refractivity contribution in [2.45, 2.75) is 39.0 Å². The largest absolute Gasteiger partial charge is 0.496 e. The Morgan fingerprint density at radius 1 is 1.20 bits per heavy atom. The van der Waals surface area contributed by atoms with Crippen LogP contribution in [-0.2, 0) is 22.6 Å². The summed E-state index contributed by atoms with van der Waals surface area (Å²) in [5, 5.41) is 9.53. The Morgan fingerprint density at radius 2 is 2.07 bits per heavy atom. The third kappa shape index (κ3) is 6.22. The van der Waals surface area contributed by atoms with Gasteiger partial charge in [0.25, 0.3) is 5.91 Å². The Balaban J connectivity index is 1.60. The Morgan fingerprint density at radius 3 is 2.83 bits per heavy atom. The molecule has 0 aliphatic carbocycles. The quantitative estimate of drug-likeness (QED) is 0.460. The average Bonchev–Trinajstić information content (AvgIpc) is 3.31. The molecule has 0 aromatic heterocycles. The van der Waals surface area contributed by atoms with Gasteiger partial charge in [0.15, 0.2) is 5.96 Å². The summed E-state index contributed by atoms with van der Waals surface area (Å²) < 4.78 is 10.8. The van der Waals surface area contributed by atoms with Crippen LogP contribution < -0.4 is 20.7 Å². The number of carbonyl (C=O) groups excluding carboxylic acids is 1. The molecule has 1 heterocycles. The summed E-state index contributed by atoms with van der Waals surface area (Å²) in [4.78, 5) is 16.9. The number of nitrogens with one attached hydrogen (secondary N) is 3. The van der Waals surface area contributed by atoms with E-state index in [2.05, 4.69) is 20.9 Å². The summed E-state index contributed by atoms with van der Waals surface area (Å²) in [6.45, 7) is 4.54. The molecule has 7 heteroatoms. The Kier molecular flexibility index (Phi) is 8.09.